The van der Waals surface area contributed by atoms with Gasteiger partial charge >= 0.3 is 10.8 Å². The lowest BCUT2D eigenvalue weighted by molar-refractivity contribution is -0.714. The van der Waals surface area contributed by atoms with Gasteiger partial charge in [-0.1, -0.05) is 32.0 Å². The summed E-state index contributed by atoms with van der Waals surface area (Å²) < 4.78 is 0. The minimum atomic E-state index is -0.988. The Morgan fingerprint density at radius 1 is 1.21 bits per heavy atom. The maximum atomic E-state index is 11.9. The highest BCUT2D eigenvalue weighted by atomic mass is 16.6. The fourth-order valence-corrected chi connectivity index (χ4v) is 2.98. The van der Waals surface area contributed by atoms with E-state index in [9.17, 15) is 14.5 Å². The molecule has 1 aliphatic rings. The van der Waals surface area contributed by atoms with Gasteiger partial charge in [0.05, 0.1) is 4.91 Å². The van der Waals surface area contributed by atoms with Crippen LogP contribution in [0.5, 0.6) is 0 Å². The van der Waals surface area contributed by atoms with Crippen molar-refractivity contribution in [2.24, 2.45) is 5.92 Å². The molecule has 7 heteroatoms. The first kappa shape index (κ1) is 19.3. The lowest BCUT2D eigenvalue weighted by Crippen LogP contribution is -2.21. The summed E-state index contributed by atoms with van der Waals surface area (Å²) >= 11 is 0. The Hall–Kier alpha value is -3.48. The summed E-state index contributed by atoms with van der Waals surface area (Å²) in [7, 11) is 0. The fourth-order valence-electron chi connectivity index (χ4n) is 2.98. The van der Waals surface area contributed by atoms with Crippen LogP contribution in [0.15, 0.2) is 48.7 Å². The van der Waals surface area contributed by atoms with Crippen molar-refractivity contribution < 1.29 is 19.7 Å². The number of fused-ring (bicyclic) bond motifs is 1. The standard InChI is InChI=1S/C21H21N3O4/c1-14(2)20(25)22-19-5-3-4-15(10-19)12-23-9-8-16-6-7-17(11-18(16)13-23)21(26)24(27)28/h3-11,14H,12-13H2,1-2H3,(H-,22,25,27,28)/p+1. The molecule has 0 aliphatic carbocycles. The van der Waals surface area contributed by atoms with E-state index < -0.39 is 10.8 Å². The van der Waals surface area contributed by atoms with Crippen molar-refractivity contribution in [3.05, 3.63) is 75.8 Å². The molecule has 2 aromatic carbocycles. The molecule has 2 amide bonds. The Balaban J connectivity index is 1.73. The van der Waals surface area contributed by atoms with Crippen molar-refractivity contribution in [1.29, 1.82) is 0 Å². The number of nitrogens with one attached hydrogen (secondary N) is 1. The zero-order chi connectivity index (χ0) is 20.3. The Labute approximate surface area is 162 Å². The van der Waals surface area contributed by atoms with E-state index in [0.717, 1.165) is 22.4 Å². The molecule has 0 saturated heterocycles. The largest absolute Gasteiger partial charge is 0.522 e. The first-order valence-corrected chi connectivity index (χ1v) is 8.99. The van der Waals surface area contributed by atoms with Crippen LogP contribution in [-0.2, 0) is 17.9 Å². The summed E-state index contributed by atoms with van der Waals surface area (Å²) in [5.41, 5.74) is 3.78. The molecule has 0 radical (unpaired) electrons. The molecule has 0 unspecified atom stereocenters. The highest BCUT2D eigenvalue weighted by molar-refractivity contribution is 5.92. The van der Waals surface area contributed by atoms with E-state index >= 15 is 0 Å². The summed E-state index contributed by atoms with van der Waals surface area (Å²) in [6.07, 6.45) is 3.90. The number of anilines is 1. The van der Waals surface area contributed by atoms with Crippen molar-refractivity contribution in [2.45, 2.75) is 26.9 Å². The van der Waals surface area contributed by atoms with Crippen molar-refractivity contribution in [3.8, 4) is 0 Å². The van der Waals surface area contributed by atoms with Crippen molar-refractivity contribution >= 4 is 23.6 Å². The Morgan fingerprint density at radius 3 is 2.71 bits per heavy atom. The number of nitrogens with zero attached hydrogens (tertiary/aromatic N) is 2. The number of amides is 2. The van der Waals surface area contributed by atoms with Crippen molar-refractivity contribution in [1.82, 2.24) is 4.90 Å². The van der Waals surface area contributed by atoms with Gasteiger partial charge in [-0.3, -0.25) is 4.79 Å². The van der Waals surface area contributed by atoms with E-state index in [4.69, 9.17) is 5.21 Å². The van der Waals surface area contributed by atoms with Gasteiger partial charge in [-0.25, -0.2) is 10.0 Å². The molecule has 7 nitrogen and oxygen atoms in total. The second-order valence-electron chi connectivity index (χ2n) is 7.06. The average molecular weight is 380 g/mol. The van der Waals surface area contributed by atoms with Crippen LogP contribution in [0.3, 0.4) is 0 Å². The quantitative estimate of drug-likeness (QED) is 0.611. The summed E-state index contributed by atoms with van der Waals surface area (Å²) in [4.78, 5) is 35.8. The molecule has 2 N–H and O–H groups in total. The number of carbonyl (C=O) groups excluding carboxylic acids is 2. The SMILES string of the molecule is CC(C)C(=O)Nc1cccc(CN2C=Cc3ccc(C(=O)[N+](=O)O)cc3C2)c1. The van der Waals surface area contributed by atoms with Gasteiger partial charge in [0, 0.05) is 30.9 Å². The molecular weight excluding hydrogens is 358 g/mol. The zero-order valence-electron chi connectivity index (χ0n) is 15.8. The van der Waals surface area contributed by atoms with Gasteiger partial charge < -0.3 is 10.2 Å². The number of rotatable bonds is 5. The Kier molecular flexibility index (Phi) is 5.54. The van der Waals surface area contributed by atoms with E-state index in [-0.39, 0.29) is 17.4 Å². The summed E-state index contributed by atoms with van der Waals surface area (Å²) in [5.74, 6) is -1.11. The van der Waals surface area contributed by atoms with E-state index in [1.54, 1.807) is 12.1 Å². The Morgan fingerprint density at radius 2 is 2.00 bits per heavy atom. The predicted molar refractivity (Wildman–Crippen MR) is 104 cm³/mol. The van der Waals surface area contributed by atoms with Crippen LogP contribution in [0.4, 0.5) is 5.69 Å². The number of carbonyl (C=O) groups is 2. The van der Waals surface area contributed by atoms with Gasteiger partial charge in [0.15, 0.2) is 0 Å². The maximum absolute atomic E-state index is 11.9. The molecule has 0 atom stereocenters. The molecule has 144 valence electrons. The molecule has 28 heavy (non-hydrogen) atoms. The molecule has 0 saturated carbocycles. The first-order valence-electron chi connectivity index (χ1n) is 8.99. The van der Waals surface area contributed by atoms with Gasteiger partial charge in [-0.15, -0.1) is 0 Å². The minimum absolute atomic E-state index is 0.0301. The van der Waals surface area contributed by atoms with Gasteiger partial charge in [0.2, 0.25) is 5.91 Å². The predicted octanol–water partition coefficient (Wildman–Crippen LogP) is 3.58. The third kappa shape index (κ3) is 4.43. The zero-order valence-corrected chi connectivity index (χ0v) is 15.8. The lowest BCUT2D eigenvalue weighted by Gasteiger charge is -2.25. The minimum Gasteiger partial charge on any atom is -0.369 e. The van der Waals surface area contributed by atoms with Crippen LogP contribution < -0.4 is 5.32 Å². The van der Waals surface area contributed by atoms with Crippen LogP contribution >= 0.6 is 0 Å². The second-order valence-corrected chi connectivity index (χ2v) is 7.06. The smallest absolute Gasteiger partial charge is 0.369 e. The Bertz CT molecular complexity index is 966. The lowest BCUT2D eigenvalue weighted by atomic mass is 10.0. The summed E-state index contributed by atoms with van der Waals surface area (Å²) in [6.45, 7) is 4.86. The molecule has 0 fully saturated rings. The normalized spacial score (nSPS) is 12.6. The van der Waals surface area contributed by atoms with Gasteiger partial charge in [0.1, 0.15) is 5.56 Å². The number of benzene rings is 2. The number of hydrogen-bond acceptors (Lipinski definition) is 4. The van der Waals surface area contributed by atoms with Crippen LogP contribution in [0.25, 0.3) is 6.08 Å². The van der Waals surface area contributed by atoms with Gasteiger partial charge in [-0.05, 0) is 47.0 Å². The average Bonchev–Trinajstić information content (AvgIpc) is 2.67. The third-order valence-corrected chi connectivity index (χ3v) is 4.51. The monoisotopic (exact) mass is 380 g/mol. The highest BCUT2D eigenvalue weighted by Crippen LogP contribution is 2.23. The van der Waals surface area contributed by atoms with Gasteiger partial charge in [0.25, 0.3) is 0 Å². The van der Waals surface area contributed by atoms with E-state index in [1.807, 2.05) is 50.4 Å². The molecule has 0 bridgehead atoms. The molecule has 0 aromatic heterocycles. The molecule has 3 rings (SSSR count). The van der Waals surface area contributed by atoms with E-state index in [0.29, 0.717) is 13.1 Å². The highest BCUT2D eigenvalue weighted by Gasteiger charge is 2.25. The van der Waals surface area contributed by atoms with Crippen molar-refractivity contribution in [3.63, 3.8) is 0 Å². The molecular formula is C21H22N3O4+. The number of hydrogen-bond donors (Lipinski definition) is 2. The van der Waals surface area contributed by atoms with Gasteiger partial charge in [-0.2, -0.15) is 0 Å². The fraction of sp³-hybridized carbons (Fsp3) is 0.238. The van der Waals surface area contributed by atoms with E-state index in [2.05, 4.69) is 10.2 Å². The van der Waals surface area contributed by atoms with Crippen LogP contribution in [0, 0.1) is 10.8 Å². The maximum Gasteiger partial charge on any atom is 0.522 e. The molecule has 1 heterocycles. The van der Waals surface area contributed by atoms with Crippen LogP contribution in [0.1, 0.15) is 40.9 Å². The third-order valence-electron chi connectivity index (χ3n) is 4.51. The summed E-state index contributed by atoms with van der Waals surface area (Å²) in [5, 5.41) is 11.7. The molecule has 0 spiro atoms. The molecule has 1 aliphatic heterocycles. The first-order chi connectivity index (χ1) is 13.3. The topological polar surface area (TPSA) is 89.7 Å². The second kappa shape index (κ2) is 8.04. The van der Waals surface area contributed by atoms with Crippen LogP contribution in [0.2, 0.25) is 0 Å². The van der Waals surface area contributed by atoms with Crippen molar-refractivity contribution in [2.75, 3.05) is 5.32 Å². The molecule has 2 aromatic rings. The summed E-state index contributed by atoms with van der Waals surface area (Å²) in [6, 6.07) is 12.6. The van der Waals surface area contributed by atoms with E-state index in [1.165, 1.54) is 6.07 Å². The van der Waals surface area contributed by atoms with Crippen LogP contribution in [-0.4, -0.2) is 26.8 Å².